The van der Waals surface area contributed by atoms with Crippen LogP contribution in [0.2, 0.25) is 5.02 Å². The van der Waals surface area contributed by atoms with Crippen molar-refractivity contribution in [2.24, 2.45) is 0 Å². The number of alkyl halides is 6. The molecule has 0 atom stereocenters. The number of rotatable bonds is 2. The zero-order valence-corrected chi connectivity index (χ0v) is 11.4. The Morgan fingerprint density at radius 3 is 2.09 bits per heavy atom. The highest BCUT2D eigenvalue weighted by atomic mass is 35.5. The summed E-state index contributed by atoms with van der Waals surface area (Å²) in [5.74, 6) is -0.548. The fourth-order valence-corrected chi connectivity index (χ4v) is 2.07. The van der Waals surface area contributed by atoms with Crippen molar-refractivity contribution in [1.29, 1.82) is 0 Å². The summed E-state index contributed by atoms with van der Waals surface area (Å²) in [5, 5.41) is -0.152. The van der Waals surface area contributed by atoms with E-state index < -0.39 is 23.9 Å². The highest BCUT2D eigenvalue weighted by Gasteiger charge is 2.32. The molecule has 8 heteroatoms. The Morgan fingerprint density at radius 1 is 0.864 bits per heavy atom. The molecule has 0 unspecified atom stereocenters. The minimum Gasteiger partial charge on any atom is -0.406 e. The molecule has 2 rings (SSSR count). The van der Waals surface area contributed by atoms with E-state index in [1.54, 1.807) is 0 Å². The predicted molar refractivity (Wildman–Crippen MR) is 68.6 cm³/mol. The van der Waals surface area contributed by atoms with Gasteiger partial charge in [-0.15, -0.1) is 13.2 Å². The number of hydrogen-bond donors (Lipinski definition) is 0. The fraction of sp³-hybridized carbons (Fsp3) is 0.143. The van der Waals surface area contributed by atoms with Gasteiger partial charge in [-0.2, -0.15) is 13.2 Å². The molecule has 0 saturated carbocycles. The highest BCUT2D eigenvalue weighted by Crippen LogP contribution is 2.36. The van der Waals surface area contributed by atoms with Gasteiger partial charge in [0, 0.05) is 5.56 Å². The largest absolute Gasteiger partial charge is 0.573 e. The highest BCUT2D eigenvalue weighted by molar-refractivity contribution is 6.33. The van der Waals surface area contributed by atoms with E-state index in [9.17, 15) is 26.3 Å². The Labute approximate surface area is 126 Å². The molecule has 1 nitrogen and oxygen atoms in total. The van der Waals surface area contributed by atoms with Crippen LogP contribution in [-0.2, 0) is 6.18 Å². The molecule has 0 fully saturated rings. The van der Waals surface area contributed by atoms with E-state index in [0.717, 1.165) is 24.3 Å². The Hall–Kier alpha value is -1.89. The lowest BCUT2D eigenvalue weighted by Crippen LogP contribution is -2.17. The summed E-state index contributed by atoms with van der Waals surface area (Å²) in [6.45, 7) is 0. The first-order chi connectivity index (χ1) is 10.1. The first-order valence-corrected chi connectivity index (χ1v) is 6.17. The molecule has 0 spiro atoms. The van der Waals surface area contributed by atoms with Gasteiger partial charge in [0.1, 0.15) is 5.75 Å². The molecule has 118 valence electrons. The third kappa shape index (κ3) is 4.07. The normalized spacial score (nSPS) is 12.3. The van der Waals surface area contributed by atoms with Gasteiger partial charge >= 0.3 is 12.5 Å². The van der Waals surface area contributed by atoms with E-state index in [-0.39, 0.29) is 16.1 Å². The van der Waals surface area contributed by atoms with Gasteiger partial charge in [0.25, 0.3) is 0 Å². The van der Waals surface area contributed by atoms with Crippen molar-refractivity contribution in [2.75, 3.05) is 0 Å². The summed E-state index contributed by atoms with van der Waals surface area (Å²) in [6.07, 6.45) is -9.40. The lowest BCUT2D eigenvalue weighted by Gasteiger charge is -2.12. The first kappa shape index (κ1) is 16.5. The summed E-state index contributed by atoms with van der Waals surface area (Å²) < 4.78 is 77.9. The summed E-state index contributed by atoms with van der Waals surface area (Å²) >= 11 is 5.83. The standard InChI is InChI=1S/C14H7ClF6O/c15-12-7-10(22-14(19,20)21)4-5-11(12)8-2-1-3-9(6-8)13(16,17)18/h1-7H. The minimum absolute atomic E-state index is 0.137. The average molecular weight is 341 g/mol. The Balaban J connectivity index is 2.38. The SMILES string of the molecule is FC(F)(F)Oc1ccc(-c2cccc(C(F)(F)F)c2)c(Cl)c1. The molecular weight excluding hydrogens is 334 g/mol. The molecule has 0 aliphatic heterocycles. The molecule has 2 aromatic carbocycles. The summed E-state index contributed by atoms with van der Waals surface area (Å²) in [6, 6.07) is 7.36. The van der Waals surface area contributed by atoms with Crippen LogP contribution in [-0.4, -0.2) is 6.36 Å². The van der Waals surface area contributed by atoms with Crippen LogP contribution in [0.5, 0.6) is 5.75 Å². The fourth-order valence-electron chi connectivity index (χ4n) is 1.79. The topological polar surface area (TPSA) is 9.23 Å². The summed E-state index contributed by atoms with van der Waals surface area (Å²) in [7, 11) is 0. The predicted octanol–water partition coefficient (Wildman–Crippen LogP) is 5.92. The molecule has 0 heterocycles. The van der Waals surface area contributed by atoms with E-state index >= 15 is 0 Å². The number of halogens is 7. The second-order valence-electron chi connectivity index (χ2n) is 4.27. The van der Waals surface area contributed by atoms with Gasteiger partial charge in [-0.1, -0.05) is 23.7 Å². The maximum Gasteiger partial charge on any atom is 0.573 e. The average Bonchev–Trinajstić information content (AvgIpc) is 2.36. The van der Waals surface area contributed by atoms with Crippen molar-refractivity contribution in [3.63, 3.8) is 0 Å². The van der Waals surface area contributed by atoms with Crippen molar-refractivity contribution in [3.05, 3.63) is 53.1 Å². The lowest BCUT2D eigenvalue weighted by atomic mass is 10.0. The van der Waals surface area contributed by atoms with E-state index in [0.29, 0.717) is 0 Å². The van der Waals surface area contributed by atoms with Crippen molar-refractivity contribution in [3.8, 4) is 16.9 Å². The second kappa shape index (κ2) is 5.72. The van der Waals surface area contributed by atoms with E-state index in [2.05, 4.69) is 4.74 Å². The number of hydrogen-bond acceptors (Lipinski definition) is 1. The van der Waals surface area contributed by atoms with Crippen molar-refractivity contribution < 1.29 is 31.1 Å². The van der Waals surface area contributed by atoms with Gasteiger partial charge in [-0.05, 0) is 35.9 Å². The van der Waals surface area contributed by atoms with Gasteiger partial charge < -0.3 is 4.74 Å². The van der Waals surface area contributed by atoms with Gasteiger partial charge in [-0.25, -0.2) is 0 Å². The van der Waals surface area contributed by atoms with E-state index in [1.807, 2.05) is 0 Å². The van der Waals surface area contributed by atoms with Crippen LogP contribution in [0.25, 0.3) is 11.1 Å². The quantitative estimate of drug-likeness (QED) is 0.616. The van der Waals surface area contributed by atoms with Crippen LogP contribution >= 0.6 is 11.6 Å². The molecule has 0 radical (unpaired) electrons. The van der Waals surface area contributed by atoms with Crippen LogP contribution in [0.4, 0.5) is 26.3 Å². The lowest BCUT2D eigenvalue weighted by molar-refractivity contribution is -0.274. The molecule has 0 aromatic heterocycles. The van der Waals surface area contributed by atoms with Gasteiger partial charge in [0.2, 0.25) is 0 Å². The van der Waals surface area contributed by atoms with Gasteiger partial charge in [0.15, 0.2) is 0 Å². The van der Waals surface area contributed by atoms with Crippen LogP contribution in [0.3, 0.4) is 0 Å². The molecule has 2 aromatic rings. The zero-order valence-electron chi connectivity index (χ0n) is 10.6. The van der Waals surface area contributed by atoms with E-state index in [1.165, 1.54) is 18.2 Å². The van der Waals surface area contributed by atoms with Crippen molar-refractivity contribution >= 4 is 11.6 Å². The van der Waals surface area contributed by atoms with Crippen molar-refractivity contribution in [2.45, 2.75) is 12.5 Å². The molecule has 0 aliphatic carbocycles. The smallest absolute Gasteiger partial charge is 0.406 e. The molecule has 0 saturated heterocycles. The molecule has 0 N–H and O–H groups in total. The second-order valence-corrected chi connectivity index (χ2v) is 4.68. The summed E-state index contributed by atoms with van der Waals surface area (Å²) in [4.78, 5) is 0. The zero-order chi connectivity index (χ0) is 16.5. The van der Waals surface area contributed by atoms with Crippen molar-refractivity contribution in [1.82, 2.24) is 0 Å². The van der Waals surface area contributed by atoms with Crippen LogP contribution < -0.4 is 4.74 Å². The first-order valence-electron chi connectivity index (χ1n) is 5.79. The Morgan fingerprint density at radius 2 is 1.55 bits per heavy atom. The third-order valence-corrected chi connectivity index (χ3v) is 2.99. The summed E-state index contributed by atoms with van der Waals surface area (Å²) in [5.41, 5.74) is -0.572. The Bertz CT molecular complexity index is 678. The molecule has 22 heavy (non-hydrogen) atoms. The molecule has 0 amide bonds. The maximum absolute atomic E-state index is 12.7. The molecule has 0 bridgehead atoms. The van der Waals surface area contributed by atoms with Crippen LogP contribution in [0, 0.1) is 0 Å². The maximum atomic E-state index is 12.7. The van der Waals surface area contributed by atoms with Gasteiger partial charge in [-0.3, -0.25) is 0 Å². The molecular formula is C14H7ClF6O. The molecule has 0 aliphatic rings. The third-order valence-electron chi connectivity index (χ3n) is 2.68. The number of benzene rings is 2. The van der Waals surface area contributed by atoms with Crippen LogP contribution in [0.1, 0.15) is 5.56 Å². The minimum atomic E-state index is -4.87. The number of ether oxygens (including phenoxy) is 1. The van der Waals surface area contributed by atoms with Crippen LogP contribution in [0.15, 0.2) is 42.5 Å². The van der Waals surface area contributed by atoms with E-state index in [4.69, 9.17) is 11.6 Å². The Kier molecular flexibility index (Phi) is 4.28. The van der Waals surface area contributed by atoms with Gasteiger partial charge in [0.05, 0.1) is 10.6 Å². The monoisotopic (exact) mass is 340 g/mol.